The first-order chi connectivity index (χ1) is 10.1. The van der Waals surface area contributed by atoms with Crippen LogP contribution in [0, 0.1) is 3.57 Å². The van der Waals surface area contributed by atoms with Crippen molar-refractivity contribution in [2.24, 2.45) is 0 Å². The molecule has 0 aromatic heterocycles. The molecule has 0 bridgehead atoms. The zero-order chi connectivity index (χ0) is 14.6. The number of hydrogen-bond acceptors (Lipinski definition) is 3. The number of allylic oxidation sites excluding steroid dienone is 1. The molecule has 0 saturated heterocycles. The molecule has 21 heavy (non-hydrogen) atoms. The average molecular weight is 388 g/mol. The number of nitrogens with one attached hydrogen (secondary N) is 2. The van der Waals surface area contributed by atoms with E-state index in [1.807, 2.05) is 36.4 Å². The van der Waals surface area contributed by atoms with Gasteiger partial charge in [0, 0.05) is 20.4 Å². The van der Waals surface area contributed by atoms with Crippen LogP contribution in [0.1, 0.15) is 15.9 Å². The molecule has 0 aliphatic carbocycles. The normalized spacial score (nSPS) is 19.1. The summed E-state index contributed by atoms with van der Waals surface area (Å²) in [6, 6.07) is 13.0. The molecule has 2 aliphatic heterocycles. The lowest BCUT2D eigenvalue weighted by Crippen LogP contribution is -2.11. The van der Waals surface area contributed by atoms with Crippen molar-refractivity contribution in [3.63, 3.8) is 0 Å². The number of carbonyl (C=O) groups is 2. The van der Waals surface area contributed by atoms with Crippen molar-refractivity contribution < 1.29 is 9.59 Å². The quantitative estimate of drug-likeness (QED) is 0.538. The van der Waals surface area contributed by atoms with E-state index in [0.29, 0.717) is 16.8 Å². The maximum Gasteiger partial charge on any atom is 0.258 e. The third kappa shape index (κ3) is 1.80. The number of carbonyl (C=O) groups excluding carboxylic acids is 2. The molecular weight excluding hydrogens is 379 g/mol. The first kappa shape index (κ1) is 12.6. The zero-order valence-electron chi connectivity index (χ0n) is 10.7. The Morgan fingerprint density at radius 2 is 1.67 bits per heavy atom. The van der Waals surface area contributed by atoms with E-state index in [-0.39, 0.29) is 11.7 Å². The van der Waals surface area contributed by atoms with Gasteiger partial charge in [-0.25, -0.2) is 0 Å². The number of anilines is 2. The maximum absolute atomic E-state index is 12.5. The van der Waals surface area contributed by atoms with Gasteiger partial charge in [-0.3, -0.25) is 9.59 Å². The predicted molar refractivity (Wildman–Crippen MR) is 89.1 cm³/mol. The fourth-order valence-corrected chi connectivity index (χ4v) is 3.18. The molecule has 0 atom stereocenters. The standard InChI is InChI=1S/C16H9IN2O2/c17-8-5-6-9-12(7-8)19-16(21)13(9)14-15(20)10-3-1-2-4-11(10)18-14/h1-7,18H,(H,19,21)/b14-13-. The van der Waals surface area contributed by atoms with Crippen LogP contribution in [0.25, 0.3) is 5.57 Å². The van der Waals surface area contributed by atoms with Crippen LogP contribution in [0.2, 0.25) is 0 Å². The Hall–Kier alpha value is -2.15. The summed E-state index contributed by atoms with van der Waals surface area (Å²) in [6.07, 6.45) is 0. The van der Waals surface area contributed by atoms with E-state index >= 15 is 0 Å². The van der Waals surface area contributed by atoms with Crippen LogP contribution in [0.3, 0.4) is 0 Å². The van der Waals surface area contributed by atoms with E-state index < -0.39 is 0 Å². The largest absolute Gasteiger partial charge is 0.351 e. The lowest BCUT2D eigenvalue weighted by Gasteiger charge is -2.03. The van der Waals surface area contributed by atoms with Crippen LogP contribution < -0.4 is 10.6 Å². The highest BCUT2D eigenvalue weighted by Crippen LogP contribution is 2.38. The van der Waals surface area contributed by atoms with Crippen LogP contribution >= 0.6 is 22.6 Å². The molecule has 4 nitrogen and oxygen atoms in total. The third-order valence-electron chi connectivity index (χ3n) is 3.63. The van der Waals surface area contributed by atoms with E-state index in [0.717, 1.165) is 20.5 Å². The minimum Gasteiger partial charge on any atom is -0.351 e. The van der Waals surface area contributed by atoms with Gasteiger partial charge in [-0.2, -0.15) is 0 Å². The molecule has 0 spiro atoms. The zero-order valence-corrected chi connectivity index (χ0v) is 12.9. The van der Waals surface area contributed by atoms with Crippen molar-refractivity contribution in [3.8, 4) is 0 Å². The molecule has 0 radical (unpaired) electrons. The molecule has 1 amide bonds. The summed E-state index contributed by atoms with van der Waals surface area (Å²) in [5, 5.41) is 5.90. The van der Waals surface area contributed by atoms with Gasteiger partial charge in [0.1, 0.15) is 5.70 Å². The molecule has 2 aromatic rings. The highest BCUT2D eigenvalue weighted by molar-refractivity contribution is 14.1. The summed E-state index contributed by atoms with van der Waals surface area (Å²) in [5.74, 6) is -0.377. The number of fused-ring (bicyclic) bond motifs is 2. The third-order valence-corrected chi connectivity index (χ3v) is 4.31. The molecule has 2 aliphatic rings. The van der Waals surface area contributed by atoms with E-state index in [2.05, 4.69) is 33.2 Å². The molecule has 102 valence electrons. The van der Waals surface area contributed by atoms with Gasteiger partial charge < -0.3 is 10.6 Å². The van der Waals surface area contributed by atoms with E-state index in [9.17, 15) is 9.59 Å². The summed E-state index contributed by atoms with van der Waals surface area (Å²) in [6.45, 7) is 0. The molecule has 0 saturated carbocycles. The number of ketones is 1. The van der Waals surface area contributed by atoms with Crippen molar-refractivity contribution in [2.45, 2.75) is 0 Å². The number of amides is 1. The second-order valence-corrected chi connectivity index (χ2v) is 6.14. The van der Waals surface area contributed by atoms with Crippen molar-refractivity contribution in [2.75, 3.05) is 10.6 Å². The molecule has 4 rings (SSSR count). The first-order valence-electron chi connectivity index (χ1n) is 6.41. The minimum atomic E-state index is -0.240. The number of hydrogen-bond donors (Lipinski definition) is 2. The van der Waals surface area contributed by atoms with Crippen LogP contribution in [0.4, 0.5) is 11.4 Å². The monoisotopic (exact) mass is 388 g/mol. The lowest BCUT2D eigenvalue weighted by molar-refractivity contribution is -0.110. The maximum atomic E-state index is 12.5. The van der Waals surface area contributed by atoms with Crippen LogP contribution in [0.15, 0.2) is 48.2 Å². The van der Waals surface area contributed by atoms with Gasteiger partial charge in [-0.15, -0.1) is 0 Å². The Kier molecular flexibility index (Phi) is 2.65. The van der Waals surface area contributed by atoms with Crippen LogP contribution in [-0.4, -0.2) is 11.7 Å². The van der Waals surface area contributed by atoms with Gasteiger partial charge in [-0.1, -0.05) is 18.2 Å². The second-order valence-electron chi connectivity index (χ2n) is 4.89. The van der Waals surface area contributed by atoms with Gasteiger partial charge in [0.25, 0.3) is 5.91 Å². The molecule has 2 aromatic carbocycles. The molecule has 5 heteroatoms. The van der Waals surface area contributed by atoms with Crippen molar-refractivity contribution in [1.29, 1.82) is 0 Å². The SMILES string of the molecule is O=C1Nc2cc(I)ccc2/C1=C1/Nc2ccccc2C1=O. The lowest BCUT2D eigenvalue weighted by atomic mass is 10.0. The Balaban J connectivity index is 1.92. The number of halogens is 1. The smallest absolute Gasteiger partial charge is 0.258 e. The summed E-state index contributed by atoms with van der Waals surface area (Å²) >= 11 is 2.19. The number of benzene rings is 2. The molecule has 0 unspecified atom stereocenters. The van der Waals surface area contributed by atoms with Crippen LogP contribution in [-0.2, 0) is 4.79 Å². The van der Waals surface area contributed by atoms with Crippen molar-refractivity contribution in [1.82, 2.24) is 0 Å². The topological polar surface area (TPSA) is 58.2 Å². The van der Waals surface area contributed by atoms with Gasteiger partial charge in [0.2, 0.25) is 5.78 Å². The number of rotatable bonds is 0. The minimum absolute atomic E-state index is 0.137. The summed E-state index contributed by atoms with van der Waals surface area (Å²) in [5.41, 5.74) is 3.64. The fourth-order valence-electron chi connectivity index (χ4n) is 2.69. The Bertz CT molecular complexity index is 855. The second kappa shape index (κ2) is 4.42. The number of para-hydroxylation sites is 1. The van der Waals surface area contributed by atoms with Gasteiger partial charge in [0.15, 0.2) is 0 Å². The summed E-state index contributed by atoms with van der Waals surface area (Å²) < 4.78 is 1.03. The van der Waals surface area contributed by atoms with E-state index in [1.54, 1.807) is 6.07 Å². The summed E-state index contributed by atoms with van der Waals surface area (Å²) in [4.78, 5) is 24.8. The molecule has 2 heterocycles. The van der Waals surface area contributed by atoms with E-state index in [4.69, 9.17) is 0 Å². The molecular formula is C16H9IN2O2. The number of Topliss-reactive ketones (excluding diaryl/α,β-unsaturated/α-hetero) is 1. The average Bonchev–Trinajstić information content (AvgIpc) is 2.95. The van der Waals surface area contributed by atoms with Crippen LogP contribution in [0.5, 0.6) is 0 Å². The van der Waals surface area contributed by atoms with Gasteiger partial charge in [0.05, 0.1) is 11.3 Å². The fraction of sp³-hybridized carbons (Fsp3) is 0. The Morgan fingerprint density at radius 3 is 2.48 bits per heavy atom. The summed E-state index contributed by atoms with van der Waals surface area (Å²) in [7, 11) is 0. The Morgan fingerprint density at radius 1 is 0.857 bits per heavy atom. The highest BCUT2D eigenvalue weighted by Gasteiger charge is 2.34. The van der Waals surface area contributed by atoms with Gasteiger partial charge in [-0.05, 0) is 46.9 Å². The molecule has 0 fully saturated rings. The van der Waals surface area contributed by atoms with E-state index in [1.165, 1.54) is 0 Å². The predicted octanol–water partition coefficient (Wildman–Crippen LogP) is 3.26. The first-order valence-corrected chi connectivity index (χ1v) is 7.49. The van der Waals surface area contributed by atoms with Crippen molar-refractivity contribution in [3.05, 3.63) is 62.9 Å². The molecule has 2 N–H and O–H groups in total. The highest BCUT2D eigenvalue weighted by atomic mass is 127. The van der Waals surface area contributed by atoms with Crippen molar-refractivity contribution >= 4 is 51.2 Å². The van der Waals surface area contributed by atoms with Gasteiger partial charge >= 0.3 is 0 Å². The Labute approximate surface area is 134 Å².